The second-order valence-corrected chi connectivity index (χ2v) is 11.2. The van der Waals surface area contributed by atoms with Crippen LogP contribution in [0.5, 0.6) is 0 Å². The van der Waals surface area contributed by atoms with Gasteiger partial charge in [-0.05, 0) is 0 Å². The first kappa shape index (κ1) is 17.2. The average Bonchev–Trinajstić information content (AvgIpc) is 2.72. The zero-order chi connectivity index (χ0) is 17.6. The van der Waals surface area contributed by atoms with Crippen LogP contribution in [0, 0.1) is 0 Å². The van der Waals surface area contributed by atoms with Crippen molar-refractivity contribution in [2.75, 3.05) is 0 Å². The Kier molecular flexibility index (Phi) is 5.56. The van der Waals surface area contributed by atoms with Crippen LogP contribution in [0.2, 0.25) is 0 Å². The van der Waals surface area contributed by atoms with Crippen LogP contribution in [0.3, 0.4) is 0 Å². The molecule has 0 aromatic heterocycles. The van der Waals surface area contributed by atoms with E-state index in [1.807, 2.05) is 11.8 Å². The number of hydrogen-bond acceptors (Lipinski definition) is 1. The molecule has 0 heterocycles. The van der Waals surface area contributed by atoms with Crippen molar-refractivity contribution >= 4 is 39.0 Å². The van der Waals surface area contributed by atoms with Gasteiger partial charge in [0.2, 0.25) is 0 Å². The average molecular weight is 418 g/mol. The van der Waals surface area contributed by atoms with Crippen LogP contribution in [0.4, 0.5) is 0 Å². The van der Waals surface area contributed by atoms with Crippen LogP contribution in [0.15, 0.2) is 125 Å². The predicted octanol–water partition coefficient (Wildman–Crippen LogP) is 4.35. The van der Waals surface area contributed by atoms with E-state index < -0.39 is 13.9 Å². The summed E-state index contributed by atoms with van der Waals surface area (Å²) in [5.74, 6) is 0. The second-order valence-electron chi connectivity index (χ2n) is 5.82. The Morgan fingerprint density at radius 1 is 0.385 bits per heavy atom. The molecule has 0 fully saturated rings. The molecule has 0 saturated carbocycles. The van der Waals surface area contributed by atoms with Gasteiger partial charge in [0.25, 0.3) is 0 Å². The zero-order valence-corrected chi connectivity index (χ0v) is 16.8. The standard InChI is InChI=1S/C24H19SSe/c1-4-10-20(11-5-1)25-21-16-18-24(19-17-21)26(22-12-6-2-7-13-22)23-14-8-3-9-15-23/h1-19H. The zero-order valence-electron chi connectivity index (χ0n) is 14.3. The monoisotopic (exact) mass is 419 g/mol. The summed E-state index contributed by atoms with van der Waals surface area (Å²) in [7, 11) is 0. The maximum atomic E-state index is 2.32. The molecule has 1 radical (unpaired) electrons. The molecule has 0 N–H and O–H groups in total. The van der Waals surface area contributed by atoms with Crippen molar-refractivity contribution in [1.29, 1.82) is 0 Å². The van der Waals surface area contributed by atoms with E-state index in [2.05, 4.69) is 115 Å². The van der Waals surface area contributed by atoms with E-state index >= 15 is 0 Å². The molecular weight excluding hydrogens is 399 g/mol. The van der Waals surface area contributed by atoms with Crippen molar-refractivity contribution in [3.8, 4) is 0 Å². The topological polar surface area (TPSA) is 0 Å². The minimum absolute atomic E-state index is 1.26. The van der Waals surface area contributed by atoms with E-state index in [0.717, 1.165) is 0 Å². The molecule has 26 heavy (non-hydrogen) atoms. The Bertz CT molecular complexity index is 896. The Balaban J connectivity index is 1.66. The minimum atomic E-state index is -1.26. The molecule has 0 saturated heterocycles. The van der Waals surface area contributed by atoms with Gasteiger partial charge >= 0.3 is 164 Å². The summed E-state index contributed by atoms with van der Waals surface area (Å²) in [5, 5.41) is 0. The van der Waals surface area contributed by atoms with Crippen LogP contribution in [-0.4, -0.2) is 13.9 Å². The summed E-state index contributed by atoms with van der Waals surface area (Å²) in [6.07, 6.45) is 0. The van der Waals surface area contributed by atoms with Gasteiger partial charge in [-0.15, -0.1) is 0 Å². The number of rotatable bonds is 5. The van der Waals surface area contributed by atoms with Gasteiger partial charge < -0.3 is 0 Å². The summed E-state index contributed by atoms with van der Waals surface area (Å²) < 4.78 is 4.34. The molecule has 0 bridgehead atoms. The fourth-order valence-corrected chi connectivity index (χ4v) is 8.00. The first-order chi connectivity index (χ1) is 12.9. The first-order valence-electron chi connectivity index (χ1n) is 8.57. The van der Waals surface area contributed by atoms with Crippen LogP contribution in [0.25, 0.3) is 0 Å². The van der Waals surface area contributed by atoms with Gasteiger partial charge in [-0.2, -0.15) is 0 Å². The van der Waals surface area contributed by atoms with Crippen LogP contribution in [0.1, 0.15) is 0 Å². The molecular formula is C24H19SSe. The van der Waals surface area contributed by atoms with Crippen LogP contribution < -0.4 is 13.4 Å². The molecule has 0 aliphatic carbocycles. The summed E-state index contributed by atoms with van der Waals surface area (Å²) >= 11 is 0.558. The molecule has 127 valence electrons. The Labute approximate surface area is 163 Å². The third-order valence-electron chi connectivity index (χ3n) is 4.00. The summed E-state index contributed by atoms with van der Waals surface area (Å²) in [6, 6.07) is 41.5. The molecule has 0 unspecified atom stereocenters. The van der Waals surface area contributed by atoms with Crippen LogP contribution >= 0.6 is 11.8 Å². The van der Waals surface area contributed by atoms with Crippen molar-refractivity contribution in [1.82, 2.24) is 0 Å². The first-order valence-corrected chi connectivity index (χ1v) is 12.0. The predicted molar refractivity (Wildman–Crippen MR) is 115 cm³/mol. The van der Waals surface area contributed by atoms with Gasteiger partial charge in [-0.1, -0.05) is 0 Å². The SMILES string of the molecule is c1ccc(Sc2ccc([Se](c3ccccc3)c3ccccc3)cc2)cc1. The molecule has 0 spiro atoms. The van der Waals surface area contributed by atoms with Gasteiger partial charge in [-0.25, -0.2) is 0 Å². The number of hydrogen-bond donors (Lipinski definition) is 0. The quantitative estimate of drug-likeness (QED) is 0.434. The van der Waals surface area contributed by atoms with Gasteiger partial charge in [-0.3, -0.25) is 0 Å². The molecule has 4 aromatic rings. The Morgan fingerprint density at radius 2 is 0.769 bits per heavy atom. The van der Waals surface area contributed by atoms with Gasteiger partial charge in [0.1, 0.15) is 0 Å². The maximum absolute atomic E-state index is 2.32. The van der Waals surface area contributed by atoms with E-state index in [9.17, 15) is 0 Å². The Morgan fingerprint density at radius 3 is 1.27 bits per heavy atom. The molecule has 4 rings (SSSR count). The van der Waals surface area contributed by atoms with Crippen molar-refractivity contribution in [2.45, 2.75) is 9.79 Å². The van der Waals surface area contributed by atoms with E-state index in [0.29, 0.717) is 0 Å². The molecule has 4 aromatic carbocycles. The fourth-order valence-electron chi connectivity index (χ4n) is 2.79. The van der Waals surface area contributed by atoms with Crippen molar-refractivity contribution in [3.63, 3.8) is 0 Å². The van der Waals surface area contributed by atoms with E-state index in [4.69, 9.17) is 0 Å². The Hall–Kier alpha value is -2.25. The van der Waals surface area contributed by atoms with Crippen molar-refractivity contribution in [2.24, 2.45) is 0 Å². The number of benzene rings is 4. The molecule has 0 amide bonds. The molecule has 2 heteroatoms. The van der Waals surface area contributed by atoms with E-state index in [-0.39, 0.29) is 0 Å². The van der Waals surface area contributed by atoms with Gasteiger partial charge in [0, 0.05) is 0 Å². The summed E-state index contributed by atoms with van der Waals surface area (Å²) in [5.41, 5.74) is 0. The molecule has 0 aliphatic rings. The molecule has 0 atom stereocenters. The van der Waals surface area contributed by atoms with Crippen molar-refractivity contribution < 1.29 is 0 Å². The molecule has 0 nitrogen and oxygen atoms in total. The third-order valence-corrected chi connectivity index (χ3v) is 9.69. The van der Waals surface area contributed by atoms with Crippen LogP contribution in [-0.2, 0) is 0 Å². The second kappa shape index (κ2) is 8.42. The third kappa shape index (κ3) is 4.11. The summed E-state index contributed by atoms with van der Waals surface area (Å²) in [4.78, 5) is 2.56. The van der Waals surface area contributed by atoms with Gasteiger partial charge in [0.15, 0.2) is 0 Å². The van der Waals surface area contributed by atoms with E-state index in [1.165, 1.54) is 23.2 Å². The molecule has 0 aliphatic heterocycles. The fraction of sp³-hybridized carbons (Fsp3) is 0. The summed E-state index contributed by atoms with van der Waals surface area (Å²) in [6.45, 7) is 0. The van der Waals surface area contributed by atoms with Gasteiger partial charge in [0.05, 0.1) is 0 Å². The normalized spacial score (nSPS) is 10.8. The van der Waals surface area contributed by atoms with E-state index in [1.54, 1.807) is 0 Å². The van der Waals surface area contributed by atoms with Crippen molar-refractivity contribution in [3.05, 3.63) is 115 Å².